The molecule has 1 heterocycles. The predicted molar refractivity (Wildman–Crippen MR) is 70.6 cm³/mol. The molecule has 3 heteroatoms. The van der Waals surface area contributed by atoms with E-state index >= 15 is 0 Å². The van der Waals surface area contributed by atoms with Crippen LogP contribution in [0.5, 0.6) is 0 Å². The molecule has 0 bridgehead atoms. The number of carbonyl (C=O) groups is 1. The van der Waals surface area contributed by atoms with Crippen molar-refractivity contribution in [2.24, 2.45) is 5.92 Å². The van der Waals surface area contributed by atoms with Crippen LogP contribution in [-0.4, -0.2) is 23.7 Å². The number of aliphatic hydroxyl groups is 1. The van der Waals surface area contributed by atoms with Gasteiger partial charge in [0.05, 0.1) is 12.0 Å². The van der Waals surface area contributed by atoms with Gasteiger partial charge >= 0.3 is 0 Å². The van der Waals surface area contributed by atoms with Gasteiger partial charge in [-0.25, -0.2) is 0 Å². The summed E-state index contributed by atoms with van der Waals surface area (Å²) in [6.07, 6.45) is 3.06. The first-order valence-corrected chi connectivity index (χ1v) is 6.76. The number of fused-ring (bicyclic) bond motifs is 1. The number of hydrogen-bond acceptors (Lipinski definition) is 2. The zero-order valence-corrected chi connectivity index (χ0v) is 10.7. The lowest BCUT2D eigenvalue weighted by Gasteiger charge is -2.23. The van der Waals surface area contributed by atoms with Crippen molar-refractivity contribution >= 4 is 11.6 Å². The normalized spacial score (nSPS) is 26.4. The third-order valence-electron chi connectivity index (χ3n) is 4.20. The number of amides is 1. The van der Waals surface area contributed by atoms with Crippen LogP contribution >= 0.6 is 0 Å². The third kappa shape index (κ3) is 1.83. The van der Waals surface area contributed by atoms with E-state index in [1.807, 2.05) is 11.8 Å². The van der Waals surface area contributed by atoms with Crippen molar-refractivity contribution in [3.63, 3.8) is 0 Å². The highest BCUT2D eigenvalue weighted by molar-refractivity contribution is 5.97. The standard InChI is InChI=1S/C15H19NO2/c1-10-5-6-11-7-8-16(13(11)9-10)15(18)12-3-2-4-14(12)17/h5-6,9,12,14,17H,2-4,7-8H2,1H3. The van der Waals surface area contributed by atoms with Crippen molar-refractivity contribution in [2.45, 2.75) is 38.7 Å². The summed E-state index contributed by atoms with van der Waals surface area (Å²) in [4.78, 5) is 14.4. The number of rotatable bonds is 1. The van der Waals surface area contributed by atoms with Crippen LogP contribution < -0.4 is 4.90 Å². The predicted octanol–water partition coefficient (Wildman–Crippen LogP) is 2.05. The topological polar surface area (TPSA) is 40.5 Å². The highest BCUT2D eigenvalue weighted by atomic mass is 16.3. The summed E-state index contributed by atoms with van der Waals surface area (Å²) in [5.41, 5.74) is 3.49. The summed E-state index contributed by atoms with van der Waals surface area (Å²) >= 11 is 0. The Bertz CT molecular complexity index is 483. The number of hydrogen-bond donors (Lipinski definition) is 1. The maximum atomic E-state index is 12.5. The zero-order chi connectivity index (χ0) is 12.7. The first kappa shape index (κ1) is 11.7. The molecule has 0 radical (unpaired) electrons. The Balaban J connectivity index is 1.87. The Kier molecular flexibility index (Phi) is 2.86. The highest BCUT2D eigenvalue weighted by Gasteiger charge is 2.36. The summed E-state index contributed by atoms with van der Waals surface area (Å²) in [6, 6.07) is 6.29. The van der Waals surface area contributed by atoms with Gasteiger partial charge < -0.3 is 10.0 Å². The Morgan fingerprint density at radius 1 is 1.39 bits per heavy atom. The second kappa shape index (κ2) is 4.39. The van der Waals surface area contributed by atoms with E-state index in [2.05, 4.69) is 18.2 Å². The Hall–Kier alpha value is -1.35. The number of anilines is 1. The lowest BCUT2D eigenvalue weighted by Crippen LogP contribution is -2.38. The van der Waals surface area contributed by atoms with Crippen molar-refractivity contribution in [1.82, 2.24) is 0 Å². The van der Waals surface area contributed by atoms with Crippen LogP contribution in [0.15, 0.2) is 18.2 Å². The first-order valence-electron chi connectivity index (χ1n) is 6.76. The van der Waals surface area contributed by atoms with Gasteiger partial charge in [0.25, 0.3) is 0 Å². The smallest absolute Gasteiger partial charge is 0.232 e. The molecule has 3 rings (SSSR count). The van der Waals surface area contributed by atoms with Gasteiger partial charge in [-0.05, 0) is 49.8 Å². The molecule has 1 aromatic carbocycles. The molecule has 0 spiro atoms. The largest absolute Gasteiger partial charge is 0.392 e. The van der Waals surface area contributed by atoms with Crippen molar-refractivity contribution in [2.75, 3.05) is 11.4 Å². The van der Waals surface area contributed by atoms with Crippen LogP contribution in [0.3, 0.4) is 0 Å². The van der Waals surface area contributed by atoms with Gasteiger partial charge in [0, 0.05) is 12.2 Å². The lowest BCUT2D eigenvalue weighted by molar-refractivity contribution is -0.124. The van der Waals surface area contributed by atoms with E-state index in [1.54, 1.807) is 0 Å². The molecule has 1 aromatic rings. The van der Waals surface area contributed by atoms with Crippen LogP contribution in [0.1, 0.15) is 30.4 Å². The van der Waals surface area contributed by atoms with Gasteiger partial charge in [-0.3, -0.25) is 4.79 Å². The summed E-state index contributed by atoms with van der Waals surface area (Å²) in [5, 5.41) is 9.87. The zero-order valence-electron chi connectivity index (χ0n) is 10.7. The summed E-state index contributed by atoms with van der Waals surface area (Å²) in [7, 11) is 0. The molecule has 1 amide bonds. The average Bonchev–Trinajstić information content (AvgIpc) is 2.94. The van der Waals surface area contributed by atoms with Gasteiger partial charge in [-0.1, -0.05) is 12.1 Å². The van der Waals surface area contributed by atoms with Crippen molar-refractivity contribution in [3.8, 4) is 0 Å². The number of aliphatic hydroxyl groups excluding tert-OH is 1. The average molecular weight is 245 g/mol. The number of carbonyl (C=O) groups excluding carboxylic acids is 1. The summed E-state index contributed by atoms with van der Waals surface area (Å²) in [5.74, 6) is -0.0687. The van der Waals surface area contributed by atoms with E-state index in [-0.39, 0.29) is 11.8 Å². The maximum Gasteiger partial charge on any atom is 0.232 e. The second-order valence-electron chi connectivity index (χ2n) is 5.48. The monoisotopic (exact) mass is 245 g/mol. The van der Waals surface area contributed by atoms with E-state index in [4.69, 9.17) is 0 Å². The van der Waals surface area contributed by atoms with E-state index in [9.17, 15) is 9.90 Å². The Morgan fingerprint density at radius 3 is 2.94 bits per heavy atom. The number of nitrogens with zero attached hydrogens (tertiary/aromatic N) is 1. The molecule has 18 heavy (non-hydrogen) atoms. The molecular formula is C15H19NO2. The minimum absolute atomic E-state index is 0.115. The third-order valence-corrected chi connectivity index (χ3v) is 4.20. The number of benzene rings is 1. The van der Waals surface area contributed by atoms with Crippen molar-refractivity contribution in [3.05, 3.63) is 29.3 Å². The van der Waals surface area contributed by atoms with E-state index in [1.165, 1.54) is 11.1 Å². The fraction of sp³-hybridized carbons (Fsp3) is 0.533. The quantitative estimate of drug-likeness (QED) is 0.822. The SMILES string of the molecule is Cc1ccc2c(c1)N(C(=O)C1CCCC1O)CC2. The minimum atomic E-state index is -0.439. The second-order valence-corrected chi connectivity index (χ2v) is 5.48. The van der Waals surface area contributed by atoms with Gasteiger partial charge in [-0.15, -0.1) is 0 Å². The molecular weight excluding hydrogens is 226 g/mol. The molecule has 2 aliphatic rings. The van der Waals surface area contributed by atoms with Crippen LogP contribution in [0.25, 0.3) is 0 Å². The van der Waals surface area contributed by atoms with Gasteiger partial charge in [-0.2, -0.15) is 0 Å². The first-order chi connectivity index (χ1) is 8.66. The molecule has 1 fully saturated rings. The highest BCUT2D eigenvalue weighted by Crippen LogP contribution is 2.34. The van der Waals surface area contributed by atoms with Crippen LogP contribution in [-0.2, 0) is 11.2 Å². The minimum Gasteiger partial charge on any atom is -0.392 e. The molecule has 0 saturated heterocycles. The summed E-state index contributed by atoms with van der Waals surface area (Å²) in [6.45, 7) is 2.81. The van der Waals surface area contributed by atoms with Crippen LogP contribution in [0, 0.1) is 12.8 Å². The maximum absolute atomic E-state index is 12.5. The molecule has 2 unspecified atom stereocenters. The lowest BCUT2D eigenvalue weighted by atomic mass is 10.0. The molecule has 3 nitrogen and oxygen atoms in total. The summed E-state index contributed by atoms with van der Waals surface area (Å²) < 4.78 is 0. The van der Waals surface area contributed by atoms with Crippen molar-refractivity contribution < 1.29 is 9.90 Å². The fourth-order valence-electron chi connectivity index (χ4n) is 3.15. The molecule has 96 valence electrons. The van der Waals surface area contributed by atoms with E-state index in [0.717, 1.165) is 37.9 Å². The Labute approximate surface area is 107 Å². The van der Waals surface area contributed by atoms with E-state index in [0.29, 0.717) is 0 Å². The van der Waals surface area contributed by atoms with E-state index < -0.39 is 6.10 Å². The Morgan fingerprint density at radius 2 is 2.22 bits per heavy atom. The molecule has 1 N–H and O–H groups in total. The van der Waals surface area contributed by atoms with Crippen LogP contribution in [0.2, 0.25) is 0 Å². The number of aryl methyl sites for hydroxylation is 1. The van der Waals surface area contributed by atoms with Gasteiger partial charge in [0.15, 0.2) is 0 Å². The molecule has 1 saturated carbocycles. The molecule has 1 aliphatic heterocycles. The van der Waals surface area contributed by atoms with Gasteiger partial charge in [0.2, 0.25) is 5.91 Å². The van der Waals surface area contributed by atoms with Crippen LogP contribution in [0.4, 0.5) is 5.69 Å². The molecule has 0 aromatic heterocycles. The molecule has 1 aliphatic carbocycles. The molecule has 2 atom stereocenters. The van der Waals surface area contributed by atoms with Crippen molar-refractivity contribution in [1.29, 1.82) is 0 Å². The van der Waals surface area contributed by atoms with Gasteiger partial charge in [0.1, 0.15) is 0 Å². The fourth-order valence-corrected chi connectivity index (χ4v) is 3.15.